The highest BCUT2D eigenvalue weighted by molar-refractivity contribution is 5.73. The third-order valence-corrected chi connectivity index (χ3v) is 5.22. The van der Waals surface area contributed by atoms with Crippen LogP contribution in [0, 0.1) is 0 Å². The molecule has 0 bridgehead atoms. The molecular formula is C22H28N2O2. The second-order valence-corrected chi connectivity index (χ2v) is 6.87. The number of rotatable bonds is 6. The summed E-state index contributed by atoms with van der Waals surface area (Å²) in [6, 6.07) is 15.0. The number of hydrogen-bond donors (Lipinski definition) is 1. The lowest BCUT2D eigenvalue weighted by atomic mass is 9.87. The van der Waals surface area contributed by atoms with E-state index in [4.69, 9.17) is 4.74 Å². The number of amides is 1. The van der Waals surface area contributed by atoms with Gasteiger partial charge in [-0.25, -0.2) is 0 Å². The third-order valence-electron chi connectivity index (χ3n) is 5.22. The lowest BCUT2D eigenvalue weighted by Crippen LogP contribution is -2.30. The number of methoxy groups -OCH3 is 1. The molecule has 2 aromatic carbocycles. The molecule has 0 fully saturated rings. The highest BCUT2D eigenvalue weighted by atomic mass is 16.5. The molecule has 1 N–H and O–H groups in total. The normalized spacial score (nSPS) is 15.9. The summed E-state index contributed by atoms with van der Waals surface area (Å²) in [5.41, 5.74) is 5.00. The molecule has 0 radical (unpaired) electrons. The molecule has 1 aliphatic rings. The zero-order valence-electron chi connectivity index (χ0n) is 15.9. The fourth-order valence-corrected chi connectivity index (χ4v) is 3.76. The summed E-state index contributed by atoms with van der Waals surface area (Å²) in [6.45, 7) is 5.01. The average molecular weight is 352 g/mol. The third kappa shape index (κ3) is 4.01. The second-order valence-electron chi connectivity index (χ2n) is 6.87. The van der Waals surface area contributed by atoms with Crippen LogP contribution in [0.3, 0.4) is 0 Å². The SMILES string of the molecule is CCN(Cc1ccccc1NC1CCc2c(cccc2OC)C1)C(C)=O. The maximum Gasteiger partial charge on any atom is 0.219 e. The topological polar surface area (TPSA) is 41.6 Å². The molecule has 0 saturated heterocycles. The van der Waals surface area contributed by atoms with Gasteiger partial charge in [0.2, 0.25) is 5.91 Å². The minimum Gasteiger partial charge on any atom is -0.496 e. The van der Waals surface area contributed by atoms with Crippen LogP contribution in [-0.4, -0.2) is 30.5 Å². The summed E-state index contributed by atoms with van der Waals surface area (Å²) in [6.07, 6.45) is 3.09. The van der Waals surface area contributed by atoms with Crippen molar-refractivity contribution in [1.82, 2.24) is 4.90 Å². The van der Waals surface area contributed by atoms with Crippen LogP contribution >= 0.6 is 0 Å². The first-order chi connectivity index (χ1) is 12.6. The van der Waals surface area contributed by atoms with E-state index in [2.05, 4.69) is 35.6 Å². The van der Waals surface area contributed by atoms with Crippen molar-refractivity contribution in [3.63, 3.8) is 0 Å². The summed E-state index contributed by atoms with van der Waals surface area (Å²) < 4.78 is 5.51. The van der Waals surface area contributed by atoms with Gasteiger partial charge < -0.3 is 15.0 Å². The molecule has 0 aliphatic heterocycles. The van der Waals surface area contributed by atoms with Crippen molar-refractivity contribution in [2.75, 3.05) is 19.0 Å². The maximum absolute atomic E-state index is 11.8. The number of anilines is 1. The fourth-order valence-electron chi connectivity index (χ4n) is 3.76. The molecule has 26 heavy (non-hydrogen) atoms. The van der Waals surface area contributed by atoms with Crippen LogP contribution in [0.4, 0.5) is 5.69 Å². The Hall–Kier alpha value is -2.49. The number of benzene rings is 2. The first kappa shape index (κ1) is 18.3. The number of para-hydroxylation sites is 1. The minimum absolute atomic E-state index is 0.112. The van der Waals surface area contributed by atoms with Gasteiger partial charge in [0.1, 0.15) is 5.75 Å². The van der Waals surface area contributed by atoms with Crippen LogP contribution in [0.15, 0.2) is 42.5 Å². The number of ether oxygens (including phenoxy) is 1. The fraction of sp³-hybridized carbons (Fsp3) is 0.409. The summed E-state index contributed by atoms with van der Waals surface area (Å²) >= 11 is 0. The zero-order chi connectivity index (χ0) is 18.5. The highest BCUT2D eigenvalue weighted by Gasteiger charge is 2.22. The van der Waals surface area contributed by atoms with Crippen LogP contribution in [0.5, 0.6) is 5.75 Å². The van der Waals surface area contributed by atoms with Gasteiger partial charge >= 0.3 is 0 Å². The van der Waals surface area contributed by atoms with Crippen molar-refractivity contribution >= 4 is 11.6 Å². The van der Waals surface area contributed by atoms with Crippen LogP contribution in [-0.2, 0) is 24.2 Å². The number of nitrogens with zero attached hydrogens (tertiary/aromatic N) is 1. The van der Waals surface area contributed by atoms with Crippen molar-refractivity contribution in [2.24, 2.45) is 0 Å². The van der Waals surface area contributed by atoms with Gasteiger partial charge in [-0.1, -0.05) is 30.3 Å². The maximum atomic E-state index is 11.8. The number of carbonyl (C=O) groups excluding carboxylic acids is 1. The Morgan fingerprint density at radius 3 is 2.77 bits per heavy atom. The Morgan fingerprint density at radius 1 is 1.23 bits per heavy atom. The van der Waals surface area contributed by atoms with Crippen LogP contribution in [0.2, 0.25) is 0 Å². The quantitative estimate of drug-likeness (QED) is 0.853. The second kappa shape index (κ2) is 8.26. The molecule has 4 nitrogen and oxygen atoms in total. The van der Waals surface area contributed by atoms with Crippen LogP contribution in [0.1, 0.15) is 37.0 Å². The number of carbonyl (C=O) groups is 1. The average Bonchev–Trinajstić information content (AvgIpc) is 2.66. The Kier molecular flexibility index (Phi) is 5.82. The summed E-state index contributed by atoms with van der Waals surface area (Å²) in [5, 5.41) is 3.72. The molecule has 4 heteroatoms. The predicted molar refractivity (Wildman–Crippen MR) is 106 cm³/mol. The molecule has 138 valence electrons. The molecular weight excluding hydrogens is 324 g/mol. The van der Waals surface area contributed by atoms with Gasteiger partial charge in [0, 0.05) is 31.7 Å². The van der Waals surface area contributed by atoms with Crippen molar-refractivity contribution < 1.29 is 9.53 Å². The number of fused-ring (bicyclic) bond motifs is 1. The standard InChI is InChI=1S/C22H28N2O2/c1-4-24(16(2)25)15-18-8-5-6-10-21(18)23-19-12-13-20-17(14-19)9-7-11-22(20)26-3/h5-11,19,23H,4,12-15H2,1-3H3. The molecule has 0 heterocycles. The lowest BCUT2D eigenvalue weighted by Gasteiger charge is -2.29. The van der Waals surface area contributed by atoms with Crippen molar-refractivity contribution in [2.45, 2.75) is 45.7 Å². The molecule has 2 aromatic rings. The van der Waals surface area contributed by atoms with Gasteiger partial charge in [0.05, 0.1) is 7.11 Å². The molecule has 1 amide bonds. The van der Waals surface area contributed by atoms with E-state index in [9.17, 15) is 4.79 Å². The molecule has 1 unspecified atom stereocenters. The van der Waals surface area contributed by atoms with Gasteiger partial charge in [0.15, 0.2) is 0 Å². The van der Waals surface area contributed by atoms with E-state index in [0.29, 0.717) is 12.6 Å². The first-order valence-electron chi connectivity index (χ1n) is 9.37. The highest BCUT2D eigenvalue weighted by Crippen LogP contribution is 2.31. The molecule has 1 aliphatic carbocycles. The van der Waals surface area contributed by atoms with Crippen LogP contribution in [0.25, 0.3) is 0 Å². The van der Waals surface area contributed by atoms with E-state index in [-0.39, 0.29) is 5.91 Å². The Labute approximate surface area is 156 Å². The first-order valence-corrected chi connectivity index (χ1v) is 9.37. The summed E-state index contributed by atoms with van der Waals surface area (Å²) in [5.74, 6) is 1.11. The Balaban J connectivity index is 1.75. The molecule has 0 spiro atoms. The van der Waals surface area contributed by atoms with E-state index in [1.54, 1.807) is 14.0 Å². The van der Waals surface area contributed by atoms with E-state index in [1.807, 2.05) is 24.0 Å². The largest absolute Gasteiger partial charge is 0.496 e. The van der Waals surface area contributed by atoms with Crippen molar-refractivity contribution in [3.05, 3.63) is 59.2 Å². The van der Waals surface area contributed by atoms with Gasteiger partial charge in [-0.05, 0) is 55.0 Å². The lowest BCUT2D eigenvalue weighted by molar-refractivity contribution is -0.129. The smallest absolute Gasteiger partial charge is 0.219 e. The number of nitrogens with one attached hydrogen (secondary N) is 1. The zero-order valence-corrected chi connectivity index (χ0v) is 15.9. The minimum atomic E-state index is 0.112. The molecule has 0 saturated carbocycles. The molecule has 0 aromatic heterocycles. The monoisotopic (exact) mass is 352 g/mol. The molecule has 1 atom stereocenters. The van der Waals surface area contributed by atoms with Crippen molar-refractivity contribution in [3.8, 4) is 5.75 Å². The predicted octanol–water partition coefficient (Wildman–Crippen LogP) is 4.03. The van der Waals surface area contributed by atoms with E-state index in [0.717, 1.165) is 37.2 Å². The van der Waals surface area contributed by atoms with E-state index >= 15 is 0 Å². The van der Waals surface area contributed by atoms with E-state index < -0.39 is 0 Å². The van der Waals surface area contributed by atoms with Gasteiger partial charge in [0.25, 0.3) is 0 Å². The van der Waals surface area contributed by atoms with Gasteiger partial charge in [-0.15, -0.1) is 0 Å². The van der Waals surface area contributed by atoms with Crippen LogP contribution < -0.4 is 10.1 Å². The van der Waals surface area contributed by atoms with Crippen molar-refractivity contribution in [1.29, 1.82) is 0 Å². The summed E-state index contributed by atoms with van der Waals surface area (Å²) in [4.78, 5) is 13.6. The summed E-state index contributed by atoms with van der Waals surface area (Å²) in [7, 11) is 1.74. The number of hydrogen-bond acceptors (Lipinski definition) is 3. The van der Waals surface area contributed by atoms with Gasteiger partial charge in [-0.2, -0.15) is 0 Å². The molecule has 3 rings (SSSR count). The Morgan fingerprint density at radius 2 is 2.04 bits per heavy atom. The van der Waals surface area contributed by atoms with E-state index in [1.165, 1.54) is 16.7 Å². The Bertz CT molecular complexity index is 772. The van der Waals surface area contributed by atoms with Gasteiger partial charge in [-0.3, -0.25) is 4.79 Å².